The molecule has 2 N–H and O–H groups in total. The van der Waals surface area contributed by atoms with Crippen molar-refractivity contribution in [3.63, 3.8) is 0 Å². The molecule has 0 aliphatic rings. The molecular formula is C31H25Cl2N5O4. The van der Waals surface area contributed by atoms with Gasteiger partial charge in [-0.15, -0.1) is 0 Å². The Bertz CT molecular complexity index is 1910. The van der Waals surface area contributed by atoms with Crippen molar-refractivity contribution < 1.29 is 9.26 Å². The van der Waals surface area contributed by atoms with Gasteiger partial charge in [-0.2, -0.15) is 0 Å². The van der Waals surface area contributed by atoms with Gasteiger partial charge in [-0.25, -0.2) is 9.36 Å². The third-order valence-corrected chi connectivity index (χ3v) is 7.68. The summed E-state index contributed by atoms with van der Waals surface area (Å²) in [7, 11) is 1.58. The van der Waals surface area contributed by atoms with E-state index in [2.05, 4.69) is 15.4 Å². The minimum absolute atomic E-state index is 0.320. The van der Waals surface area contributed by atoms with Crippen LogP contribution in [0, 0.1) is 13.8 Å². The summed E-state index contributed by atoms with van der Waals surface area (Å²) < 4.78 is 14.3. The average molecular weight is 602 g/mol. The second-order valence-electron chi connectivity index (χ2n) is 9.78. The SMILES string of the molecule is COc1ccccc1-c1cc(C(c2c(C)[nH]n(-c3ccc(Cl)cc3)c2=O)c2c(C)[nH]n(-c3ccc(Cl)cc3)c2=O)on1. The molecule has 0 fully saturated rings. The zero-order chi connectivity index (χ0) is 29.5. The highest BCUT2D eigenvalue weighted by Crippen LogP contribution is 2.36. The summed E-state index contributed by atoms with van der Waals surface area (Å²) in [5, 5.41) is 11.7. The van der Waals surface area contributed by atoms with Crippen LogP contribution in [0.4, 0.5) is 0 Å². The summed E-state index contributed by atoms with van der Waals surface area (Å²) in [4.78, 5) is 28.1. The van der Waals surface area contributed by atoms with E-state index >= 15 is 0 Å². The second kappa shape index (κ2) is 10.9. The largest absolute Gasteiger partial charge is 0.496 e. The van der Waals surface area contributed by atoms with E-state index in [0.717, 1.165) is 0 Å². The molecule has 6 rings (SSSR count). The van der Waals surface area contributed by atoms with Crippen LogP contribution in [0.2, 0.25) is 10.0 Å². The topological polar surface area (TPSA) is 111 Å². The van der Waals surface area contributed by atoms with E-state index in [1.165, 1.54) is 9.36 Å². The highest BCUT2D eigenvalue weighted by Gasteiger charge is 2.34. The number of aromatic nitrogens is 5. The zero-order valence-corrected chi connectivity index (χ0v) is 24.3. The highest BCUT2D eigenvalue weighted by molar-refractivity contribution is 6.30. The highest BCUT2D eigenvalue weighted by atomic mass is 35.5. The van der Waals surface area contributed by atoms with Crippen molar-refractivity contribution in [2.45, 2.75) is 19.8 Å². The maximum atomic E-state index is 14.1. The van der Waals surface area contributed by atoms with E-state index in [1.807, 2.05) is 24.3 Å². The van der Waals surface area contributed by atoms with Crippen molar-refractivity contribution in [1.29, 1.82) is 0 Å². The number of methoxy groups -OCH3 is 1. The molecule has 9 nitrogen and oxygen atoms in total. The van der Waals surface area contributed by atoms with Gasteiger partial charge in [-0.1, -0.05) is 40.5 Å². The van der Waals surface area contributed by atoms with E-state index in [9.17, 15) is 9.59 Å². The number of benzene rings is 3. The maximum Gasteiger partial charge on any atom is 0.275 e. The number of aromatic amines is 2. The Kier molecular flexibility index (Phi) is 7.14. The van der Waals surface area contributed by atoms with Gasteiger partial charge >= 0.3 is 0 Å². The molecule has 0 saturated heterocycles. The number of nitrogens with one attached hydrogen (secondary N) is 2. The van der Waals surface area contributed by atoms with Crippen molar-refractivity contribution in [2.24, 2.45) is 0 Å². The number of halogens is 2. The lowest BCUT2D eigenvalue weighted by Gasteiger charge is -2.11. The van der Waals surface area contributed by atoms with Crippen LogP contribution < -0.4 is 15.9 Å². The fourth-order valence-corrected chi connectivity index (χ4v) is 5.43. The molecule has 0 amide bonds. The minimum atomic E-state index is -0.893. The Labute approximate surface area is 249 Å². The van der Waals surface area contributed by atoms with Crippen LogP contribution in [0.15, 0.2) is 93.0 Å². The van der Waals surface area contributed by atoms with Gasteiger partial charge in [0, 0.05) is 33.1 Å². The summed E-state index contributed by atoms with van der Waals surface area (Å²) in [6, 6.07) is 22.9. The molecule has 0 aliphatic carbocycles. The summed E-state index contributed by atoms with van der Waals surface area (Å²) in [6.45, 7) is 3.57. The van der Waals surface area contributed by atoms with Crippen LogP contribution in [0.3, 0.4) is 0 Å². The molecule has 0 radical (unpaired) electrons. The fourth-order valence-electron chi connectivity index (χ4n) is 5.18. The fraction of sp³-hybridized carbons (Fsp3) is 0.129. The molecule has 3 aromatic carbocycles. The lowest BCUT2D eigenvalue weighted by molar-refractivity contribution is 0.380. The monoisotopic (exact) mass is 601 g/mol. The first kappa shape index (κ1) is 27.4. The average Bonchev–Trinajstić information content (AvgIpc) is 3.67. The van der Waals surface area contributed by atoms with E-state index in [1.54, 1.807) is 75.6 Å². The number of H-pyrrole nitrogens is 2. The van der Waals surface area contributed by atoms with E-state index in [-0.39, 0.29) is 11.1 Å². The Morgan fingerprint density at radius 3 is 1.79 bits per heavy atom. The summed E-state index contributed by atoms with van der Waals surface area (Å²) >= 11 is 12.2. The molecule has 0 saturated carbocycles. The number of ether oxygens (including phenoxy) is 1. The third kappa shape index (κ3) is 4.76. The maximum absolute atomic E-state index is 14.1. The predicted molar refractivity (Wildman–Crippen MR) is 162 cm³/mol. The van der Waals surface area contributed by atoms with Crippen LogP contribution in [-0.2, 0) is 0 Å². The van der Waals surface area contributed by atoms with Crippen LogP contribution >= 0.6 is 23.2 Å². The second-order valence-corrected chi connectivity index (χ2v) is 10.7. The van der Waals surface area contributed by atoms with Crippen LogP contribution in [0.1, 0.15) is 34.2 Å². The van der Waals surface area contributed by atoms with E-state index in [4.69, 9.17) is 32.5 Å². The van der Waals surface area contributed by atoms with E-state index < -0.39 is 5.92 Å². The molecular weight excluding hydrogens is 577 g/mol. The molecule has 42 heavy (non-hydrogen) atoms. The molecule has 0 atom stereocenters. The molecule has 212 valence electrons. The lowest BCUT2D eigenvalue weighted by Crippen LogP contribution is -2.25. The molecule has 3 aromatic heterocycles. The lowest BCUT2D eigenvalue weighted by atomic mass is 9.89. The molecule has 0 spiro atoms. The Hall–Kier alpha value is -4.73. The third-order valence-electron chi connectivity index (χ3n) is 7.18. The Morgan fingerprint density at radius 1 is 0.786 bits per heavy atom. The van der Waals surface area contributed by atoms with Crippen molar-refractivity contribution in [2.75, 3.05) is 7.11 Å². The normalized spacial score (nSPS) is 11.4. The Morgan fingerprint density at radius 2 is 1.29 bits per heavy atom. The van der Waals surface area contributed by atoms with Gasteiger partial charge in [0.1, 0.15) is 17.2 Å². The van der Waals surface area contributed by atoms with Gasteiger partial charge in [0.15, 0.2) is 0 Å². The summed E-state index contributed by atoms with van der Waals surface area (Å²) in [5.41, 5.74) is 3.53. The standard InChI is InChI=1S/C31H25Cl2N5O4/c1-17-27(30(39)37(34-17)21-12-8-19(32)9-13-21)29(26-16-24(36-42-26)23-6-4-5-7-25(23)41-3)28-18(2)35-38(31(28)40)22-14-10-20(33)11-15-22/h4-16,29,34-35H,1-3H3. The van der Waals surface area contributed by atoms with Gasteiger partial charge in [0.25, 0.3) is 11.1 Å². The molecule has 0 unspecified atom stereocenters. The smallest absolute Gasteiger partial charge is 0.275 e. The Balaban J connectivity index is 1.57. The number of aryl methyl sites for hydroxylation is 2. The van der Waals surface area contributed by atoms with Gasteiger partial charge in [0.2, 0.25) is 0 Å². The van der Waals surface area contributed by atoms with Crippen molar-refractivity contribution in [3.05, 3.63) is 138 Å². The summed E-state index contributed by atoms with van der Waals surface area (Å²) in [5.74, 6) is 0.0381. The van der Waals surface area contributed by atoms with Crippen LogP contribution in [0.25, 0.3) is 22.6 Å². The number of para-hydroxylation sites is 1. The van der Waals surface area contributed by atoms with Crippen molar-refractivity contribution in [3.8, 4) is 28.4 Å². The molecule has 0 aliphatic heterocycles. The van der Waals surface area contributed by atoms with Crippen molar-refractivity contribution >= 4 is 23.2 Å². The predicted octanol–water partition coefficient (Wildman–Crippen LogP) is 6.41. The molecule has 3 heterocycles. The molecule has 6 aromatic rings. The minimum Gasteiger partial charge on any atom is -0.496 e. The number of nitrogens with zero attached hydrogens (tertiary/aromatic N) is 3. The van der Waals surface area contributed by atoms with Crippen LogP contribution in [0.5, 0.6) is 5.75 Å². The number of hydrogen-bond donors (Lipinski definition) is 2. The first-order valence-electron chi connectivity index (χ1n) is 13.0. The van der Waals surface area contributed by atoms with Gasteiger partial charge < -0.3 is 9.26 Å². The zero-order valence-electron chi connectivity index (χ0n) is 22.8. The van der Waals surface area contributed by atoms with Crippen LogP contribution in [-0.4, -0.2) is 31.8 Å². The van der Waals surface area contributed by atoms with Crippen molar-refractivity contribution in [1.82, 2.24) is 24.7 Å². The van der Waals surface area contributed by atoms with Gasteiger partial charge in [-0.3, -0.25) is 19.8 Å². The van der Waals surface area contributed by atoms with Gasteiger partial charge in [-0.05, 0) is 74.5 Å². The molecule has 11 heteroatoms. The first-order valence-corrected chi connectivity index (χ1v) is 13.8. The number of rotatable bonds is 7. The quantitative estimate of drug-likeness (QED) is 0.219. The summed E-state index contributed by atoms with van der Waals surface area (Å²) in [6.07, 6.45) is 0. The first-order chi connectivity index (χ1) is 20.3. The van der Waals surface area contributed by atoms with Gasteiger partial charge in [0.05, 0.1) is 35.5 Å². The number of hydrogen-bond acceptors (Lipinski definition) is 5. The van der Waals surface area contributed by atoms with E-state index in [0.29, 0.717) is 66.7 Å². The molecule has 0 bridgehead atoms.